The molecule has 2 amide bonds. The van der Waals surface area contributed by atoms with Gasteiger partial charge in [-0.2, -0.15) is 0 Å². The predicted molar refractivity (Wildman–Crippen MR) is 99.6 cm³/mol. The van der Waals surface area contributed by atoms with Crippen LogP contribution in [-0.2, 0) is 4.79 Å². The van der Waals surface area contributed by atoms with Crippen LogP contribution in [0, 0.1) is 5.41 Å². The van der Waals surface area contributed by atoms with Crippen LogP contribution in [0.5, 0.6) is 17.2 Å². The molecule has 2 N–H and O–H groups in total. The highest BCUT2D eigenvalue weighted by Gasteiger charge is 2.20. The highest BCUT2D eigenvalue weighted by Crippen LogP contribution is 2.39. The van der Waals surface area contributed by atoms with E-state index in [2.05, 4.69) is 10.9 Å². The van der Waals surface area contributed by atoms with E-state index < -0.39 is 5.91 Å². The van der Waals surface area contributed by atoms with Crippen molar-refractivity contribution in [1.82, 2.24) is 10.9 Å². The first-order valence-electron chi connectivity index (χ1n) is 8.87. The monoisotopic (exact) mass is 366 g/mol. The first kappa shape index (κ1) is 21.6. The van der Waals surface area contributed by atoms with Gasteiger partial charge in [-0.05, 0) is 38.3 Å². The Labute approximate surface area is 155 Å². The lowest BCUT2D eigenvalue weighted by molar-refractivity contribution is -0.123. The average Bonchev–Trinajstić information content (AvgIpc) is 2.54. The maximum absolute atomic E-state index is 12.4. The fourth-order valence-electron chi connectivity index (χ4n) is 2.24. The minimum atomic E-state index is -0.461. The minimum absolute atomic E-state index is 0.168. The number of hydrogen-bond donors (Lipinski definition) is 2. The summed E-state index contributed by atoms with van der Waals surface area (Å²) < 4.78 is 16.8. The Kier molecular flexibility index (Phi) is 8.22. The summed E-state index contributed by atoms with van der Waals surface area (Å²) in [6.07, 6.45) is 0.297. The van der Waals surface area contributed by atoms with Gasteiger partial charge in [0.15, 0.2) is 11.5 Å². The van der Waals surface area contributed by atoms with Gasteiger partial charge in [-0.3, -0.25) is 20.4 Å². The quantitative estimate of drug-likeness (QED) is 0.691. The van der Waals surface area contributed by atoms with E-state index in [-0.39, 0.29) is 11.3 Å². The lowest BCUT2D eigenvalue weighted by atomic mass is 9.92. The Morgan fingerprint density at radius 3 is 1.81 bits per heavy atom. The molecule has 0 bridgehead atoms. The first-order valence-corrected chi connectivity index (χ1v) is 8.87. The molecule has 1 aromatic carbocycles. The molecule has 7 heteroatoms. The van der Waals surface area contributed by atoms with E-state index in [1.165, 1.54) is 0 Å². The third-order valence-electron chi connectivity index (χ3n) is 3.18. The largest absolute Gasteiger partial charge is 0.490 e. The molecule has 0 atom stereocenters. The zero-order chi connectivity index (χ0) is 19.7. The standard InChI is InChI=1S/C19H30N2O5/c1-7-24-14-10-13(11-15(25-8-2)17(14)26-9-3)18(23)21-20-16(22)12-19(4,5)6/h10-11H,7-9,12H2,1-6H3,(H,20,22)(H,21,23). The van der Waals surface area contributed by atoms with Gasteiger partial charge in [0, 0.05) is 12.0 Å². The number of carbonyl (C=O) groups is 2. The zero-order valence-corrected chi connectivity index (χ0v) is 16.5. The number of benzene rings is 1. The van der Waals surface area contributed by atoms with Gasteiger partial charge < -0.3 is 14.2 Å². The molecule has 0 saturated heterocycles. The highest BCUT2D eigenvalue weighted by molar-refractivity contribution is 5.96. The van der Waals surface area contributed by atoms with Gasteiger partial charge in [0.2, 0.25) is 11.7 Å². The molecule has 1 aromatic rings. The van der Waals surface area contributed by atoms with Crippen LogP contribution in [0.1, 0.15) is 58.3 Å². The first-order chi connectivity index (χ1) is 12.2. The van der Waals surface area contributed by atoms with Crippen molar-refractivity contribution in [2.75, 3.05) is 19.8 Å². The summed E-state index contributed by atoms with van der Waals surface area (Å²) in [5, 5.41) is 0. The molecular weight excluding hydrogens is 336 g/mol. The smallest absolute Gasteiger partial charge is 0.269 e. The second kappa shape index (κ2) is 9.89. The van der Waals surface area contributed by atoms with Gasteiger partial charge in [-0.1, -0.05) is 20.8 Å². The number of hydrogen-bond acceptors (Lipinski definition) is 5. The van der Waals surface area contributed by atoms with Crippen LogP contribution in [0.25, 0.3) is 0 Å². The third-order valence-corrected chi connectivity index (χ3v) is 3.18. The van der Waals surface area contributed by atoms with Gasteiger partial charge >= 0.3 is 0 Å². The Balaban J connectivity index is 2.99. The summed E-state index contributed by atoms with van der Waals surface area (Å²) in [6, 6.07) is 3.14. The van der Waals surface area contributed by atoms with Gasteiger partial charge in [0.05, 0.1) is 19.8 Å². The summed E-state index contributed by atoms with van der Waals surface area (Å²) in [6.45, 7) is 12.7. The maximum Gasteiger partial charge on any atom is 0.269 e. The van der Waals surface area contributed by atoms with Crippen LogP contribution < -0.4 is 25.1 Å². The van der Waals surface area contributed by atoms with Crippen molar-refractivity contribution in [3.05, 3.63) is 17.7 Å². The highest BCUT2D eigenvalue weighted by atomic mass is 16.5. The number of hydrazine groups is 1. The summed E-state index contributed by atoms with van der Waals surface area (Å²) in [4.78, 5) is 24.3. The van der Waals surface area contributed by atoms with Crippen molar-refractivity contribution in [2.24, 2.45) is 5.41 Å². The molecule has 0 aliphatic rings. The molecule has 0 spiro atoms. The molecule has 0 aromatic heterocycles. The molecule has 0 unspecified atom stereocenters. The Bertz CT molecular complexity index is 596. The van der Waals surface area contributed by atoms with Crippen LogP contribution in [0.2, 0.25) is 0 Å². The number of ether oxygens (including phenoxy) is 3. The molecule has 26 heavy (non-hydrogen) atoms. The van der Waals surface area contributed by atoms with Crippen LogP contribution >= 0.6 is 0 Å². The number of amides is 2. The molecule has 146 valence electrons. The van der Waals surface area contributed by atoms with E-state index in [1.807, 2.05) is 41.5 Å². The SMILES string of the molecule is CCOc1cc(C(=O)NNC(=O)CC(C)(C)C)cc(OCC)c1OCC. The maximum atomic E-state index is 12.4. The van der Waals surface area contributed by atoms with E-state index >= 15 is 0 Å². The van der Waals surface area contributed by atoms with Crippen molar-refractivity contribution in [2.45, 2.75) is 48.0 Å². The molecule has 0 fully saturated rings. The molecule has 0 saturated carbocycles. The van der Waals surface area contributed by atoms with Crippen LogP contribution in [0.15, 0.2) is 12.1 Å². The summed E-state index contributed by atoms with van der Waals surface area (Å²) in [5.74, 6) is 0.589. The molecule has 7 nitrogen and oxygen atoms in total. The summed E-state index contributed by atoms with van der Waals surface area (Å²) in [7, 11) is 0. The fraction of sp³-hybridized carbons (Fsp3) is 0.579. The Hall–Kier alpha value is -2.44. The van der Waals surface area contributed by atoms with Crippen molar-refractivity contribution < 1.29 is 23.8 Å². The van der Waals surface area contributed by atoms with Gasteiger partial charge in [0.1, 0.15) is 0 Å². The second-order valence-electron chi connectivity index (χ2n) is 6.84. The van der Waals surface area contributed by atoms with Crippen LogP contribution in [0.3, 0.4) is 0 Å². The van der Waals surface area contributed by atoms with E-state index in [4.69, 9.17) is 14.2 Å². The summed E-state index contributed by atoms with van der Waals surface area (Å²) in [5.41, 5.74) is 4.98. The van der Waals surface area contributed by atoms with Gasteiger partial charge in [-0.25, -0.2) is 0 Å². The number of nitrogens with one attached hydrogen (secondary N) is 2. The van der Waals surface area contributed by atoms with Crippen molar-refractivity contribution >= 4 is 11.8 Å². The minimum Gasteiger partial charge on any atom is -0.490 e. The number of carbonyl (C=O) groups excluding carboxylic acids is 2. The number of rotatable bonds is 8. The van der Waals surface area contributed by atoms with Gasteiger partial charge in [0.25, 0.3) is 5.91 Å². The van der Waals surface area contributed by atoms with Crippen molar-refractivity contribution in [3.63, 3.8) is 0 Å². The zero-order valence-electron chi connectivity index (χ0n) is 16.5. The predicted octanol–water partition coefficient (Wildman–Crippen LogP) is 3.08. The van der Waals surface area contributed by atoms with E-state index in [0.29, 0.717) is 49.1 Å². The molecule has 0 aliphatic heterocycles. The van der Waals surface area contributed by atoms with E-state index in [9.17, 15) is 9.59 Å². The second-order valence-corrected chi connectivity index (χ2v) is 6.84. The lowest BCUT2D eigenvalue weighted by Gasteiger charge is -2.18. The fourth-order valence-corrected chi connectivity index (χ4v) is 2.24. The third kappa shape index (κ3) is 6.82. The molecule has 0 heterocycles. The molecular formula is C19H30N2O5. The van der Waals surface area contributed by atoms with E-state index in [1.54, 1.807) is 12.1 Å². The Morgan fingerprint density at radius 1 is 0.885 bits per heavy atom. The van der Waals surface area contributed by atoms with Crippen LogP contribution in [0.4, 0.5) is 0 Å². The van der Waals surface area contributed by atoms with Gasteiger partial charge in [-0.15, -0.1) is 0 Å². The topological polar surface area (TPSA) is 85.9 Å². The van der Waals surface area contributed by atoms with Crippen LogP contribution in [-0.4, -0.2) is 31.6 Å². The lowest BCUT2D eigenvalue weighted by Crippen LogP contribution is -2.42. The van der Waals surface area contributed by atoms with E-state index in [0.717, 1.165) is 0 Å². The van der Waals surface area contributed by atoms with Crippen molar-refractivity contribution in [3.8, 4) is 17.2 Å². The molecule has 1 rings (SSSR count). The van der Waals surface area contributed by atoms with Crippen molar-refractivity contribution in [1.29, 1.82) is 0 Å². The average molecular weight is 366 g/mol. The normalized spacial score (nSPS) is 10.8. The Morgan fingerprint density at radius 2 is 1.38 bits per heavy atom. The summed E-state index contributed by atoms with van der Waals surface area (Å²) >= 11 is 0. The molecule has 0 radical (unpaired) electrons. The molecule has 0 aliphatic carbocycles.